The van der Waals surface area contributed by atoms with Gasteiger partial charge in [-0.05, 0) is 62.4 Å². The van der Waals surface area contributed by atoms with Crippen LogP contribution in [0.25, 0.3) is 0 Å². The van der Waals surface area contributed by atoms with Gasteiger partial charge in [0.1, 0.15) is 5.82 Å². The molecule has 0 unspecified atom stereocenters. The van der Waals surface area contributed by atoms with E-state index in [0.29, 0.717) is 34.5 Å². The number of hydrogen-bond acceptors (Lipinski definition) is 7. The molecule has 4 aromatic rings. The second-order valence-electron chi connectivity index (χ2n) is 7.91. The number of ether oxygens (including phenoxy) is 2. The molecule has 0 bridgehead atoms. The Kier molecular flexibility index (Phi) is 7.11. The van der Waals surface area contributed by atoms with E-state index in [-0.39, 0.29) is 5.91 Å². The Labute approximate surface area is 204 Å². The van der Waals surface area contributed by atoms with Crippen molar-refractivity contribution < 1.29 is 14.3 Å². The van der Waals surface area contributed by atoms with Crippen molar-refractivity contribution in [1.29, 1.82) is 0 Å². The van der Waals surface area contributed by atoms with E-state index in [1.165, 1.54) is 19.8 Å². The summed E-state index contributed by atoms with van der Waals surface area (Å²) < 4.78 is 10.6. The summed E-state index contributed by atoms with van der Waals surface area (Å²) in [6, 6.07) is 22.4. The van der Waals surface area contributed by atoms with Crippen LogP contribution in [0.1, 0.15) is 21.6 Å². The molecular formula is C27H27N5O3. The molecule has 0 saturated heterocycles. The molecule has 8 heteroatoms. The van der Waals surface area contributed by atoms with E-state index in [2.05, 4.69) is 25.9 Å². The number of nitrogens with zero attached hydrogens (tertiary/aromatic N) is 2. The monoisotopic (exact) mass is 469 g/mol. The standard InChI is InChI=1S/C27H27N5O3/c1-17-8-10-21(11-9-17)31-27-28-18(2)16-24(32-27)29-19-12-14-20(15-13-19)30-26(33)22-6-5-7-23(34-3)25(22)35-4/h5-16H,1-4H3,(H,30,33)(H2,28,29,31,32). The van der Waals surface area contributed by atoms with Crippen molar-refractivity contribution in [2.45, 2.75) is 13.8 Å². The minimum Gasteiger partial charge on any atom is -0.493 e. The van der Waals surface area contributed by atoms with Gasteiger partial charge in [0.05, 0.1) is 19.8 Å². The predicted octanol–water partition coefficient (Wildman–Crippen LogP) is 5.85. The molecule has 0 fully saturated rings. The third kappa shape index (κ3) is 5.86. The second kappa shape index (κ2) is 10.6. The highest BCUT2D eigenvalue weighted by molar-refractivity contribution is 6.06. The first kappa shape index (κ1) is 23.6. The molecule has 178 valence electrons. The number of amides is 1. The fraction of sp³-hybridized carbons (Fsp3) is 0.148. The molecule has 0 saturated carbocycles. The molecule has 3 aromatic carbocycles. The highest BCUT2D eigenvalue weighted by Gasteiger charge is 2.16. The van der Waals surface area contributed by atoms with E-state index in [1.807, 2.05) is 68.4 Å². The first-order valence-electron chi connectivity index (χ1n) is 11.0. The molecule has 1 aromatic heterocycles. The molecule has 3 N–H and O–H groups in total. The molecular weight excluding hydrogens is 442 g/mol. The van der Waals surface area contributed by atoms with Gasteiger partial charge in [-0.2, -0.15) is 4.98 Å². The number of anilines is 5. The van der Waals surface area contributed by atoms with E-state index in [4.69, 9.17) is 9.47 Å². The van der Waals surface area contributed by atoms with Crippen LogP contribution >= 0.6 is 0 Å². The predicted molar refractivity (Wildman–Crippen MR) is 138 cm³/mol. The van der Waals surface area contributed by atoms with E-state index >= 15 is 0 Å². The van der Waals surface area contributed by atoms with Gasteiger partial charge in [0.15, 0.2) is 11.5 Å². The van der Waals surface area contributed by atoms with Crippen molar-refractivity contribution in [3.8, 4) is 11.5 Å². The number of rotatable bonds is 8. The SMILES string of the molecule is COc1cccc(C(=O)Nc2ccc(Nc3cc(C)nc(Nc4ccc(C)cc4)n3)cc2)c1OC. The molecule has 0 atom stereocenters. The van der Waals surface area contributed by atoms with Crippen LogP contribution in [0.4, 0.5) is 28.8 Å². The maximum Gasteiger partial charge on any atom is 0.259 e. The van der Waals surface area contributed by atoms with Gasteiger partial charge >= 0.3 is 0 Å². The zero-order valence-electron chi connectivity index (χ0n) is 20.0. The molecule has 8 nitrogen and oxygen atoms in total. The van der Waals surface area contributed by atoms with Crippen molar-refractivity contribution in [3.63, 3.8) is 0 Å². The van der Waals surface area contributed by atoms with Crippen LogP contribution in [0.3, 0.4) is 0 Å². The number of nitrogens with one attached hydrogen (secondary N) is 3. The summed E-state index contributed by atoms with van der Waals surface area (Å²) >= 11 is 0. The fourth-order valence-electron chi connectivity index (χ4n) is 3.50. The molecule has 1 amide bonds. The smallest absolute Gasteiger partial charge is 0.259 e. The van der Waals surface area contributed by atoms with Gasteiger partial charge < -0.3 is 25.4 Å². The van der Waals surface area contributed by atoms with Crippen LogP contribution in [0, 0.1) is 13.8 Å². The van der Waals surface area contributed by atoms with Crippen LogP contribution in [0.2, 0.25) is 0 Å². The van der Waals surface area contributed by atoms with Gasteiger partial charge in [-0.25, -0.2) is 4.98 Å². The Morgan fingerprint density at radius 1 is 0.771 bits per heavy atom. The third-order valence-corrected chi connectivity index (χ3v) is 5.22. The molecule has 0 aliphatic carbocycles. The van der Waals surface area contributed by atoms with E-state index < -0.39 is 0 Å². The number of carbonyl (C=O) groups excluding carboxylic acids is 1. The van der Waals surface area contributed by atoms with Crippen molar-refractivity contribution in [2.75, 3.05) is 30.2 Å². The van der Waals surface area contributed by atoms with E-state index in [0.717, 1.165) is 17.1 Å². The minimum absolute atomic E-state index is 0.292. The molecule has 35 heavy (non-hydrogen) atoms. The Hall–Kier alpha value is -4.59. The Balaban J connectivity index is 1.45. The topological polar surface area (TPSA) is 97.4 Å². The highest BCUT2D eigenvalue weighted by atomic mass is 16.5. The number of methoxy groups -OCH3 is 2. The molecule has 0 aliphatic rings. The molecule has 0 aliphatic heterocycles. The van der Waals surface area contributed by atoms with Crippen LogP contribution in [-0.4, -0.2) is 30.1 Å². The summed E-state index contributed by atoms with van der Waals surface area (Å²) in [5.41, 5.74) is 4.78. The Morgan fingerprint density at radius 2 is 1.43 bits per heavy atom. The van der Waals surface area contributed by atoms with E-state index in [1.54, 1.807) is 18.2 Å². The fourth-order valence-corrected chi connectivity index (χ4v) is 3.50. The van der Waals surface area contributed by atoms with Gasteiger partial charge in [0.2, 0.25) is 5.95 Å². The number of aromatic nitrogens is 2. The summed E-state index contributed by atoms with van der Waals surface area (Å²) in [5, 5.41) is 9.41. The minimum atomic E-state index is -0.292. The second-order valence-corrected chi connectivity index (χ2v) is 7.91. The molecule has 0 spiro atoms. The first-order chi connectivity index (χ1) is 16.9. The van der Waals surface area contributed by atoms with E-state index in [9.17, 15) is 4.79 Å². The lowest BCUT2D eigenvalue weighted by atomic mass is 10.1. The molecule has 1 heterocycles. The Morgan fingerprint density at radius 3 is 2.11 bits per heavy atom. The first-order valence-corrected chi connectivity index (χ1v) is 11.0. The lowest BCUT2D eigenvalue weighted by Gasteiger charge is -2.13. The number of benzene rings is 3. The molecule has 4 rings (SSSR count). The average Bonchev–Trinajstić information content (AvgIpc) is 2.85. The van der Waals surface area contributed by atoms with Crippen molar-refractivity contribution in [1.82, 2.24) is 9.97 Å². The van der Waals surface area contributed by atoms with Crippen LogP contribution in [-0.2, 0) is 0 Å². The lowest BCUT2D eigenvalue weighted by Crippen LogP contribution is -2.13. The van der Waals surface area contributed by atoms with Gasteiger partial charge in [0, 0.05) is 28.8 Å². The van der Waals surface area contributed by atoms with Gasteiger partial charge in [0.25, 0.3) is 5.91 Å². The quantitative estimate of drug-likeness (QED) is 0.298. The largest absolute Gasteiger partial charge is 0.493 e. The van der Waals surface area contributed by atoms with Gasteiger partial charge in [-0.1, -0.05) is 23.8 Å². The summed E-state index contributed by atoms with van der Waals surface area (Å²) in [6.45, 7) is 3.96. The molecule has 0 radical (unpaired) electrons. The van der Waals surface area contributed by atoms with Crippen molar-refractivity contribution >= 4 is 34.7 Å². The van der Waals surface area contributed by atoms with Crippen LogP contribution in [0.15, 0.2) is 72.8 Å². The summed E-state index contributed by atoms with van der Waals surface area (Å²) in [6.07, 6.45) is 0. The lowest BCUT2D eigenvalue weighted by molar-refractivity contribution is 0.102. The Bertz CT molecular complexity index is 1320. The summed E-state index contributed by atoms with van der Waals surface area (Å²) in [5.74, 6) is 1.76. The maximum absolute atomic E-state index is 12.8. The third-order valence-electron chi connectivity index (χ3n) is 5.22. The van der Waals surface area contributed by atoms with Gasteiger partial charge in [-0.15, -0.1) is 0 Å². The zero-order valence-corrected chi connectivity index (χ0v) is 20.0. The van der Waals surface area contributed by atoms with Crippen LogP contribution in [0.5, 0.6) is 11.5 Å². The number of carbonyl (C=O) groups is 1. The average molecular weight is 470 g/mol. The maximum atomic E-state index is 12.8. The van der Waals surface area contributed by atoms with Crippen LogP contribution < -0.4 is 25.4 Å². The van der Waals surface area contributed by atoms with Crippen molar-refractivity contribution in [3.05, 3.63) is 89.6 Å². The van der Waals surface area contributed by atoms with Gasteiger partial charge in [-0.3, -0.25) is 4.79 Å². The number of hydrogen-bond donors (Lipinski definition) is 3. The summed E-state index contributed by atoms with van der Waals surface area (Å²) in [4.78, 5) is 21.8. The van der Waals surface area contributed by atoms with Crippen molar-refractivity contribution in [2.24, 2.45) is 0 Å². The summed E-state index contributed by atoms with van der Waals surface area (Å²) in [7, 11) is 3.04. The zero-order chi connectivity index (χ0) is 24.8. The number of para-hydroxylation sites is 1. The highest BCUT2D eigenvalue weighted by Crippen LogP contribution is 2.31. The normalized spacial score (nSPS) is 10.4. The number of aryl methyl sites for hydroxylation is 2.